The molecule has 1 heterocycles. The van der Waals surface area contributed by atoms with Crippen LogP contribution in [0.4, 0.5) is 5.69 Å². The molecule has 1 saturated carbocycles. The Balaban J connectivity index is 1.54. The second-order valence-electron chi connectivity index (χ2n) is 6.33. The zero-order chi connectivity index (χ0) is 17.6. The highest BCUT2D eigenvalue weighted by Crippen LogP contribution is 2.32. The number of aryl methyl sites for hydroxylation is 1. The van der Waals surface area contributed by atoms with Crippen molar-refractivity contribution in [3.05, 3.63) is 48.5 Å². The van der Waals surface area contributed by atoms with Gasteiger partial charge >= 0.3 is 0 Å². The van der Waals surface area contributed by atoms with Crippen LogP contribution in [0.25, 0.3) is 0 Å². The van der Waals surface area contributed by atoms with Crippen molar-refractivity contribution in [2.45, 2.75) is 31.8 Å². The van der Waals surface area contributed by atoms with E-state index in [1.54, 1.807) is 36.8 Å². The monoisotopic (exact) mass is 341 g/mol. The number of hydrogen-bond acceptors (Lipinski definition) is 4. The molecule has 2 amide bonds. The number of imidazole rings is 1. The summed E-state index contributed by atoms with van der Waals surface area (Å²) in [5, 5.41) is 5.81. The van der Waals surface area contributed by atoms with Crippen LogP contribution in [0.2, 0.25) is 0 Å². The van der Waals surface area contributed by atoms with Crippen LogP contribution in [0, 0.1) is 5.92 Å². The molecule has 1 fully saturated rings. The predicted octanol–water partition coefficient (Wildman–Crippen LogP) is 1.38. The molecular formula is C18H23N5O2. The summed E-state index contributed by atoms with van der Waals surface area (Å²) >= 11 is 0. The Morgan fingerprint density at radius 3 is 2.88 bits per heavy atom. The van der Waals surface area contributed by atoms with Gasteiger partial charge in [0.1, 0.15) is 0 Å². The summed E-state index contributed by atoms with van der Waals surface area (Å²) in [6.07, 6.45) is 7.74. The van der Waals surface area contributed by atoms with Gasteiger partial charge in [0.2, 0.25) is 5.91 Å². The number of nitrogens with one attached hydrogen (secondary N) is 2. The molecule has 1 aromatic carbocycles. The van der Waals surface area contributed by atoms with E-state index in [0.717, 1.165) is 12.8 Å². The molecule has 0 aliphatic heterocycles. The second-order valence-corrected chi connectivity index (χ2v) is 6.33. The molecule has 1 aliphatic rings. The van der Waals surface area contributed by atoms with E-state index in [-0.39, 0.29) is 17.9 Å². The maximum Gasteiger partial charge on any atom is 0.251 e. The minimum Gasteiger partial charge on any atom is -0.348 e. The van der Waals surface area contributed by atoms with Gasteiger partial charge in [-0.3, -0.25) is 9.59 Å². The van der Waals surface area contributed by atoms with Crippen molar-refractivity contribution in [3.8, 4) is 0 Å². The van der Waals surface area contributed by atoms with Gasteiger partial charge in [0.15, 0.2) is 0 Å². The Bertz CT molecular complexity index is 725. The van der Waals surface area contributed by atoms with Gasteiger partial charge in [0.25, 0.3) is 5.91 Å². The first-order valence-corrected chi connectivity index (χ1v) is 8.52. The van der Waals surface area contributed by atoms with Crippen molar-refractivity contribution >= 4 is 17.5 Å². The highest BCUT2D eigenvalue weighted by molar-refractivity contribution is 5.97. The lowest BCUT2D eigenvalue weighted by atomic mass is 10.1. The third-order valence-electron chi connectivity index (χ3n) is 4.33. The highest BCUT2D eigenvalue weighted by atomic mass is 16.2. The first kappa shape index (κ1) is 17.2. The number of nitrogens with two attached hydrogens (primary N) is 1. The van der Waals surface area contributed by atoms with E-state index in [0.29, 0.717) is 36.7 Å². The second kappa shape index (κ2) is 7.94. The Morgan fingerprint density at radius 1 is 1.36 bits per heavy atom. The Morgan fingerprint density at radius 2 is 2.20 bits per heavy atom. The molecule has 0 saturated heterocycles. The first-order chi connectivity index (χ1) is 12.2. The molecular weight excluding hydrogens is 318 g/mol. The van der Waals surface area contributed by atoms with Gasteiger partial charge in [-0.25, -0.2) is 4.98 Å². The van der Waals surface area contributed by atoms with Crippen molar-refractivity contribution in [1.29, 1.82) is 0 Å². The topological polar surface area (TPSA) is 102 Å². The van der Waals surface area contributed by atoms with Crippen molar-refractivity contribution in [2.24, 2.45) is 11.7 Å². The molecule has 1 unspecified atom stereocenters. The number of nitrogens with zero attached hydrogens (tertiary/aromatic N) is 2. The molecule has 1 atom stereocenters. The highest BCUT2D eigenvalue weighted by Gasteiger charge is 2.31. The van der Waals surface area contributed by atoms with Gasteiger partial charge in [-0.1, -0.05) is 6.07 Å². The molecule has 1 aromatic heterocycles. The summed E-state index contributed by atoms with van der Waals surface area (Å²) in [5.41, 5.74) is 6.86. The fraction of sp³-hybridized carbons (Fsp3) is 0.389. The first-order valence-electron chi connectivity index (χ1n) is 8.52. The standard InChI is InChI=1S/C18H23N5O2/c19-11-16(13-4-5-13)22-18(25)14-2-1-3-15(10-14)21-17(24)6-8-23-9-7-20-12-23/h1-3,7,9-10,12-13,16H,4-6,8,11,19H2,(H,21,24)(H,22,25). The van der Waals surface area contributed by atoms with Gasteiger partial charge in [0.05, 0.1) is 6.33 Å². The number of carbonyl (C=O) groups is 2. The quantitative estimate of drug-likeness (QED) is 0.675. The van der Waals surface area contributed by atoms with E-state index in [1.165, 1.54) is 0 Å². The van der Waals surface area contributed by atoms with E-state index in [1.807, 2.05) is 10.8 Å². The molecule has 0 radical (unpaired) electrons. The maximum atomic E-state index is 12.4. The summed E-state index contributed by atoms with van der Waals surface area (Å²) < 4.78 is 1.84. The number of amides is 2. The van der Waals surface area contributed by atoms with Crippen LogP contribution in [-0.2, 0) is 11.3 Å². The van der Waals surface area contributed by atoms with E-state index >= 15 is 0 Å². The molecule has 1 aliphatic carbocycles. The Kier molecular flexibility index (Phi) is 5.45. The largest absolute Gasteiger partial charge is 0.348 e. The average molecular weight is 341 g/mol. The van der Waals surface area contributed by atoms with Gasteiger partial charge in [-0.05, 0) is 37.0 Å². The summed E-state index contributed by atoms with van der Waals surface area (Å²) in [5.74, 6) is 0.237. The van der Waals surface area contributed by atoms with Crippen LogP contribution < -0.4 is 16.4 Å². The molecule has 2 aromatic rings. The summed E-state index contributed by atoms with van der Waals surface area (Å²) in [7, 11) is 0. The lowest BCUT2D eigenvalue weighted by Gasteiger charge is -2.16. The fourth-order valence-corrected chi connectivity index (χ4v) is 2.73. The zero-order valence-electron chi connectivity index (χ0n) is 14.0. The summed E-state index contributed by atoms with van der Waals surface area (Å²) in [4.78, 5) is 28.4. The van der Waals surface area contributed by atoms with Crippen LogP contribution >= 0.6 is 0 Å². The number of hydrogen-bond donors (Lipinski definition) is 3. The minimum atomic E-state index is -0.156. The third kappa shape index (κ3) is 4.90. The smallest absolute Gasteiger partial charge is 0.251 e. The normalized spacial score (nSPS) is 14.8. The molecule has 0 spiro atoms. The molecule has 3 rings (SSSR count). The molecule has 7 heteroatoms. The van der Waals surface area contributed by atoms with E-state index in [9.17, 15) is 9.59 Å². The van der Waals surface area contributed by atoms with Crippen LogP contribution in [0.1, 0.15) is 29.6 Å². The van der Waals surface area contributed by atoms with E-state index < -0.39 is 0 Å². The average Bonchev–Trinajstić information content (AvgIpc) is 3.33. The summed E-state index contributed by atoms with van der Waals surface area (Å²) in [6, 6.07) is 6.98. The number of benzene rings is 1. The fourth-order valence-electron chi connectivity index (χ4n) is 2.73. The lowest BCUT2D eigenvalue weighted by Crippen LogP contribution is -2.41. The van der Waals surface area contributed by atoms with Crippen LogP contribution in [0.15, 0.2) is 43.0 Å². The maximum absolute atomic E-state index is 12.4. The number of carbonyl (C=O) groups excluding carboxylic acids is 2. The summed E-state index contributed by atoms with van der Waals surface area (Å²) in [6.45, 7) is 1.01. The molecule has 132 valence electrons. The number of anilines is 1. The van der Waals surface area contributed by atoms with E-state index in [2.05, 4.69) is 15.6 Å². The molecule has 25 heavy (non-hydrogen) atoms. The molecule has 7 nitrogen and oxygen atoms in total. The van der Waals surface area contributed by atoms with Crippen LogP contribution in [0.5, 0.6) is 0 Å². The SMILES string of the molecule is NCC(NC(=O)c1cccc(NC(=O)CCn2ccnc2)c1)C1CC1. The van der Waals surface area contributed by atoms with Crippen molar-refractivity contribution in [1.82, 2.24) is 14.9 Å². The third-order valence-corrected chi connectivity index (χ3v) is 4.33. The number of aromatic nitrogens is 2. The Hall–Kier alpha value is -2.67. The van der Waals surface area contributed by atoms with Crippen molar-refractivity contribution in [3.63, 3.8) is 0 Å². The molecule has 4 N–H and O–H groups in total. The van der Waals surface area contributed by atoms with Crippen LogP contribution in [-0.4, -0.2) is 34.0 Å². The molecule has 0 bridgehead atoms. The van der Waals surface area contributed by atoms with Gasteiger partial charge in [0, 0.05) is 49.2 Å². The van der Waals surface area contributed by atoms with Gasteiger partial charge in [-0.15, -0.1) is 0 Å². The minimum absolute atomic E-state index is 0.0286. The lowest BCUT2D eigenvalue weighted by molar-refractivity contribution is -0.116. The van der Waals surface area contributed by atoms with Gasteiger partial charge in [-0.2, -0.15) is 0 Å². The van der Waals surface area contributed by atoms with E-state index in [4.69, 9.17) is 5.73 Å². The zero-order valence-corrected chi connectivity index (χ0v) is 14.0. The predicted molar refractivity (Wildman–Crippen MR) is 94.9 cm³/mol. The number of rotatable bonds is 8. The van der Waals surface area contributed by atoms with Crippen molar-refractivity contribution < 1.29 is 9.59 Å². The Labute approximate surface area is 146 Å². The van der Waals surface area contributed by atoms with Gasteiger partial charge < -0.3 is 20.9 Å². The van der Waals surface area contributed by atoms with Crippen LogP contribution in [0.3, 0.4) is 0 Å². The van der Waals surface area contributed by atoms with Crippen molar-refractivity contribution in [2.75, 3.05) is 11.9 Å².